The van der Waals surface area contributed by atoms with E-state index in [0.717, 1.165) is 18.5 Å². The van der Waals surface area contributed by atoms with E-state index in [2.05, 4.69) is 32.4 Å². The number of piperidine rings is 1. The molecule has 0 aromatic heterocycles. The fourth-order valence-corrected chi connectivity index (χ4v) is 4.65. The number of likely N-dealkylation sites (tertiary alicyclic amines) is 1. The molecule has 0 radical (unpaired) electrons. The van der Waals surface area contributed by atoms with E-state index in [4.69, 9.17) is 9.66 Å². The molecule has 176 valence electrons. The summed E-state index contributed by atoms with van der Waals surface area (Å²) in [7, 11) is -4.02. The van der Waals surface area contributed by atoms with Crippen LogP contribution in [-0.4, -0.2) is 55.3 Å². The maximum atomic E-state index is 10.5. The summed E-state index contributed by atoms with van der Waals surface area (Å²) in [6, 6.07) is 5.99. The van der Waals surface area contributed by atoms with Crippen LogP contribution >= 0.6 is 22.6 Å². The molecule has 0 saturated carbocycles. The molecule has 1 aromatic carbocycles. The summed E-state index contributed by atoms with van der Waals surface area (Å²) >= 11 is 2.17. The van der Waals surface area contributed by atoms with Crippen molar-refractivity contribution in [1.29, 1.82) is 0 Å². The van der Waals surface area contributed by atoms with E-state index >= 15 is 0 Å². The molecule has 2 rings (SSSR count). The third kappa shape index (κ3) is 12.8. The van der Waals surface area contributed by atoms with E-state index in [9.17, 15) is 8.42 Å². The molecule has 0 aliphatic carbocycles. The van der Waals surface area contributed by atoms with Gasteiger partial charge in [0.15, 0.2) is 0 Å². The highest BCUT2D eigenvalue weighted by atomic mass is 127. The lowest BCUT2D eigenvalue weighted by Gasteiger charge is -2.40. The second-order valence-electron chi connectivity index (χ2n) is 8.49. The first kappa shape index (κ1) is 28.4. The monoisotopic (exact) mass is 564 g/mol. The summed E-state index contributed by atoms with van der Waals surface area (Å²) < 4.78 is 33.9. The predicted octanol–water partition coefficient (Wildman–Crippen LogP) is 5.35. The van der Waals surface area contributed by atoms with Gasteiger partial charge in [-0.15, -0.1) is 0 Å². The van der Waals surface area contributed by atoms with Crippen molar-refractivity contribution >= 4 is 32.7 Å². The first-order valence-electron chi connectivity index (χ1n) is 11.4. The molecule has 1 heterocycles. The molecule has 5 nitrogen and oxygen atoms in total. The van der Waals surface area contributed by atoms with Crippen molar-refractivity contribution in [2.24, 2.45) is 0 Å². The number of quaternary nitrogens is 1. The number of rotatable bonds is 11. The van der Waals surface area contributed by atoms with E-state index in [-0.39, 0.29) is 4.90 Å². The molecule has 1 fully saturated rings. The van der Waals surface area contributed by atoms with Gasteiger partial charge in [0.2, 0.25) is 0 Å². The lowest BCUT2D eigenvalue weighted by Crippen LogP contribution is -2.52. The van der Waals surface area contributed by atoms with Crippen LogP contribution in [0.4, 0.5) is 0 Å². The van der Waals surface area contributed by atoms with Gasteiger partial charge in [-0.1, -0.05) is 43.4 Å². The van der Waals surface area contributed by atoms with Crippen LogP contribution < -0.4 is 0 Å². The van der Waals surface area contributed by atoms with Gasteiger partial charge in [-0.25, -0.2) is 0 Å². The van der Waals surface area contributed by atoms with Gasteiger partial charge in [0.25, 0.3) is 10.1 Å². The van der Waals surface area contributed by atoms with Gasteiger partial charge in [-0.3, -0.25) is 4.55 Å². The van der Waals surface area contributed by atoms with E-state index in [1.54, 1.807) is 12.1 Å². The molecule has 0 unspecified atom stereocenters. The van der Waals surface area contributed by atoms with Crippen LogP contribution in [0.1, 0.15) is 69.8 Å². The predicted molar refractivity (Wildman–Crippen MR) is 136 cm³/mol. The first-order valence-corrected chi connectivity index (χ1v) is 13.9. The Morgan fingerprint density at radius 1 is 0.935 bits per heavy atom. The number of unbranched alkanes of at least 4 members (excludes halogenated alkanes) is 6. The first-order chi connectivity index (χ1) is 14.8. The average Bonchev–Trinajstić information content (AvgIpc) is 2.75. The number of aryl methyl sites for hydroxylation is 1. The maximum absolute atomic E-state index is 10.5. The molecule has 2 N–H and O–H groups in total. The van der Waals surface area contributed by atoms with Crippen LogP contribution in [0.15, 0.2) is 29.2 Å². The number of benzene rings is 1. The molecule has 1 aromatic rings. The number of hydrogen-bond donors (Lipinski definition) is 2. The van der Waals surface area contributed by atoms with Crippen molar-refractivity contribution in [3.05, 3.63) is 29.8 Å². The SMILES string of the molecule is Cc1ccc(S(=O)(=O)O)cc1.OCCCCCCCCC[N+]1(CC#CI)CCCCC1. The fraction of sp³-hybridized carbons (Fsp3) is 0.667. The van der Waals surface area contributed by atoms with Gasteiger partial charge in [0.05, 0.1) is 24.5 Å². The molecule has 1 aliphatic rings. The van der Waals surface area contributed by atoms with Gasteiger partial charge < -0.3 is 9.59 Å². The fourth-order valence-electron chi connectivity index (χ4n) is 3.99. The summed E-state index contributed by atoms with van der Waals surface area (Å²) in [5.74, 6) is 3.32. The average molecular weight is 565 g/mol. The highest BCUT2D eigenvalue weighted by Gasteiger charge is 2.28. The smallest absolute Gasteiger partial charge is 0.294 e. The van der Waals surface area contributed by atoms with Crippen molar-refractivity contribution in [2.75, 3.05) is 32.8 Å². The van der Waals surface area contributed by atoms with Crippen LogP contribution in [0.5, 0.6) is 0 Å². The Morgan fingerprint density at radius 2 is 1.48 bits per heavy atom. The van der Waals surface area contributed by atoms with Gasteiger partial charge in [0, 0.05) is 29.2 Å². The molecule has 0 atom stereocenters. The van der Waals surface area contributed by atoms with E-state index in [0.29, 0.717) is 6.61 Å². The van der Waals surface area contributed by atoms with Crippen LogP contribution in [0.2, 0.25) is 0 Å². The second kappa shape index (κ2) is 16.0. The van der Waals surface area contributed by atoms with Gasteiger partial charge in [0.1, 0.15) is 6.54 Å². The molecular formula is C24H39INO4S+. The number of aliphatic hydroxyl groups excluding tert-OH is 1. The zero-order valence-corrected chi connectivity index (χ0v) is 21.8. The minimum Gasteiger partial charge on any atom is -0.396 e. The van der Waals surface area contributed by atoms with E-state index < -0.39 is 10.1 Å². The summed E-state index contributed by atoms with van der Waals surface area (Å²) in [5.41, 5.74) is 0.956. The largest absolute Gasteiger partial charge is 0.396 e. The third-order valence-corrected chi connectivity index (χ3v) is 7.10. The highest BCUT2D eigenvalue weighted by molar-refractivity contribution is 14.1. The third-order valence-electron chi connectivity index (χ3n) is 5.86. The van der Waals surface area contributed by atoms with Gasteiger partial charge >= 0.3 is 0 Å². The summed E-state index contributed by atoms with van der Waals surface area (Å²) in [6.45, 7) is 7.30. The molecule has 0 bridgehead atoms. The van der Waals surface area contributed by atoms with Crippen molar-refractivity contribution in [3.8, 4) is 9.85 Å². The van der Waals surface area contributed by atoms with E-state index in [1.807, 2.05) is 6.92 Å². The van der Waals surface area contributed by atoms with Crippen molar-refractivity contribution in [1.82, 2.24) is 0 Å². The Hall–Kier alpha value is -0.660. The molecule has 1 aliphatic heterocycles. The van der Waals surface area contributed by atoms with Crippen molar-refractivity contribution in [3.63, 3.8) is 0 Å². The maximum Gasteiger partial charge on any atom is 0.294 e. The molecule has 0 amide bonds. The Kier molecular flexibility index (Phi) is 14.7. The Labute approximate surface area is 203 Å². The van der Waals surface area contributed by atoms with Crippen LogP contribution in [0, 0.1) is 16.8 Å². The quantitative estimate of drug-likeness (QED) is 0.125. The topological polar surface area (TPSA) is 74.6 Å². The van der Waals surface area contributed by atoms with Crippen LogP contribution in [0.25, 0.3) is 0 Å². The summed E-state index contributed by atoms with van der Waals surface area (Å²) in [4.78, 5) is -0.0666. The van der Waals surface area contributed by atoms with Crippen LogP contribution in [-0.2, 0) is 10.1 Å². The van der Waals surface area contributed by atoms with Crippen LogP contribution in [0.3, 0.4) is 0 Å². The number of halogens is 1. The molecule has 1 saturated heterocycles. The Morgan fingerprint density at radius 3 is 2.00 bits per heavy atom. The Bertz CT molecular complexity index is 763. The normalized spacial score (nSPS) is 15.4. The zero-order valence-electron chi connectivity index (χ0n) is 18.9. The molecule has 7 heteroatoms. The molecular weight excluding hydrogens is 525 g/mol. The van der Waals surface area contributed by atoms with Crippen molar-refractivity contribution < 1.29 is 22.6 Å². The highest BCUT2D eigenvalue weighted by Crippen LogP contribution is 2.20. The number of hydrogen-bond acceptors (Lipinski definition) is 3. The standard InChI is InChI=1S/C17H31INO.C7H8O3S/c18-12-11-16-19(14-8-6-9-15-19)13-7-4-2-1-3-5-10-17-20;1-6-2-4-7(5-3-6)11(8,9)10/h20H,1-10,13-17H2;2-5H,1H3,(H,8,9,10)/q+1;. The zero-order chi connectivity index (χ0) is 23.0. The number of nitrogens with zero attached hydrogens (tertiary/aromatic N) is 1. The molecule has 31 heavy (non-hydrogen) atoms. The lowest BCUT2D eigenvalue weighted by molar-refractivity contribution is -0.926. The van der Waals surface area contributed by atoms with Crippen molar-refractivity contribution in [2.45, 2.75) is 76.0 Å². The summed E-state index contributed by atoms with van der Waals surface area (Å²) in [6.07, 6.45) is 13.1. The van der Waals surface area contributed by atoms with Gasteiger partial charge in [-0.2, -0.15) is 8.42 Å². The Balaban J connectivity index is 0.000000367. The minimum absolute atomic E-state index is 0.0666. The minimum atomic E-state index is -4.02. The number of aliphatic hydroxyl groups is 1. The molecule has 0 spiro atoms. The lowest BCUT2D eigenvalue weighted by atomic mass is 10.0. The second-order valence-corrected chi connectivity index (χ2v) is 10.5. The van der Waals surface area contributed by atoms with Gasteiger partial charge in [-0.05, 0) is 67.4 Å². The summed E-state index contributed by atoms with van der Waals surface area (Å²) in [5, 5.41) is 8.74. The van der Waals surface area contributed by atoms with E-state index in [1.165, 1.54) is 94.0 Å².